The lowest BCUT2D eigenvalue weighted by Gasteiger charge is -2.01. The van der Waals surface area contributed by atoms with Gasteiger partial charge in [0.25, 0.3) is 5.91 Å². The van der Waals surface area contributed by atoms with E-state index in [0.29, 0.717) is 6.61 Å². The maximum absolute atomic E-state index is 10.8. The van der Waals surface area contributed by atoms with Crippen molar-refractivity contribution in [3.8, 4) is 0 Å². The van der Waals surface area contributed by atoms with E-state index in [4.69, 9.17) is 15.0 Å². The zero-order valence-corrected chi connectivity index (χ0v) is 8.60. The number of furan rings is 1. The van der Waals surface area contributed by atoms with Crippen molar-refractivity contribution in [3.05, 3.63) is 36.1 Å². The first-order valence-electron chi connectivity index (χ1n) is 4.83. The topological polar surface area (TPSA) is 77.5 Å². The van der Waals surface area contributed by atoms with Gasteiger partial charge in [0.1, 0.15) is 12.2 Å². The van der Waals surface area contributed by atoms with E-state index in [9.17, 15) is 4.79 Å². The number of hydrogen-bond donors (Lipinski definition) is 2. The summed E-state index contributed by atoms with van der Waals surface area (Å²) in [5.74, 6) is 4.57. The van der Waals surface area contributed by atoms with Gasteiger partial charge in [-0.15, -0.1) is 0 Å². The van der Waals surface area contributed by atoms with E-state index in [-0.39, 0.29) is 12.5 Å². The molecule has 0 fully saturated rings. The first-order chi connectivity index (χ1) is 7.81. The lowest BCUT2D eigenvalue weighted by atomic mass is 10.2. The average molecular weight is 220 g/mol. The fourth-order valence-corrected chi connectivity index (χ4v) is 1.44. The second-order valence-corrected chi connectivity index (χ2v) is 3.32. The highest BCUT2D eigenvalue weighted by Crippen LogP contribution is 2.20. The Labute approximate surface area is 92.1 Å². The highest BCUT2D eigenvalue weighted by atomic mass is 16.5. The number of ether oxygens (including phenoxy) is 1. The molecule has 0 bridgehead atoms. The van der Waals surface area contributed by atoms with Crippen LogP contribution in [0.25, 0.3) is 11.0 Å². The third-order valence-electron chi connectivity index (χ3n) is 2.21. The van der Waals surface area contributed by atoms with Gasteiger partial charge in [-0.3, -0.25) is 10.2 Å². The quantitative estimate of drug-likeness (QED) is 0.456. The summed E-state index contributed by atoms with van der Waals surface area (Å²) in [4.78, 5) is 10.8. The van der Waals surface area contributed by atoms with Gasteiger partial charge in [-0.2, -0.15) is 0 Å². The van der Waals surface area contributed by atoms with Crippen molar-refractivity contribution in [2.45, 2.75) is 6.61 Å². The summed E-state index contributed by atoms with van der Waals surface area (Å²) in [5.41, 5.74) is 3.72. The summed E-state index contributed by atoms with van der Waals surface area (Å²) in [6.45, 7) is 0.264. The van der Waals surface area contributed by atoms with Crippen LogP contribution in [0.3, 0.4) is 0 Å². The van der Waals surface area contributed by atoms with Crippen LogP contribution in [0.15, 0.2) is 34.9 Å². The lowest BCUT2D eigenvalue weighted by Crippen LogP contribution is -2.33. The molecule has 0 radical (unpaired) electrons. The Hall–Kier alpha value is -1.85. The van der Waals surface area contributed by atoms with Crippen molar-refractivity contribution in [3.63, 3.8) is 0 Å². The van der Waals surface area contributed by atoms with Crippen molar-refractivity contribution in [2.75, 3.05) is 6.61 Å². The lowest BCUT2D eigenvalue weighted by molar-refractivity contribution is -0.126. The second kappa shape index (κ2) is 4.78. The molecule has 5 nitrogen and oxygen atoms in total. The summed E-state index contributed by atoms with van der Waals surface area (Å²) < 4.78 is 10.5. The minimum absolute atomic E-state index is 0.0595. The van der Waals surface area contributed by atoms with Gasteiger partial charge < -0.3 is 9.15 Å². The highest BCUT2D eigenvalue weighted by molar-refractivity contribution is 5.80. The van der Waals surface area contributed by atoms with Crippen LogP contribution in [0.2, 0.25) is 0 Å². The van der Waals surface area contributed by atoms with Crippen LogP contribution < -0.4 is 11.3 Å². The van der Waals surface area contributed by atoms with E-state index in [2.05, 4.69) is 0 Å². The number of para-hydroxylation sites is 1. The van der Waals surface area contributed by atoms with E-state index in [1.807, 2.05) is 29.7 Å². The molecule has 0 saturated carbocycles. The average Bonchev–Trinajstić information content (AvgIpc) is 2.73. The zero-order valence-electron chi connectivity index (χ0n) is 8.60. The molecule has 84 valence electrons. The fraction of sp³-hybridized carbons (Fsp3) is 0.182. The standard InChI is InChI=1S/C11H12N2O3/c12-13-11(14)7-15-5-8-6-16-10-4-2-1-3-9(8)10/h1-4,6H,5,7,12H2,(H,13,14). The van der Waals surface area contributed by atoms with Gasteiger partial charge in [0, 0.05) is 10.9 Å². The summed E-state index contributed by atoms with van der Waals surface area (Å²) in [7, 11) is 0. The van der Waals surface area contributed by atoms with Crippen LogP contribution in [0.1, 0.15) is 5.56 Å². The molecule has 0 aliphatic heterocycles. The van der Waals surface area contributed by atoms with Gasteiger partial charge in [0.05, 0.1) is 12.9 Å². The molecule has 5 heteroatoms. The van der Waals surface area contributed by atoms with Crippen LogP contribution in [0.4, 0.5) is 0 Å². The maximum Gasteiger partial charge on any atom is 0.259 e. The van der Waals surface area contributed by atoms with E-state index in [0.717, 1.165) is 16.5 Å². The van der Waals surface area contributed by atoms with Crippen molar-refractivity contribution in [1.29, 1.82) is 0 Å². The van der Waals surface area contributed by atoms with Gasteiger partial charge in [0.15, 0.2) is 0 Å². The van der Waals surface area contributed by atoms with Gasteiger partial charge >= 0.3 is 0 Å². The number of rotatable bonds is 4. The minimum atomic E-state index is -0.354. The van der Waals surface area contributed by atoms with Crippen LogP contribution >= 0.6 is 0 Å². The molecule has 0 aliphatic rings. The molecule has 2 rings (SSSR count). The van der Waals surface area contributed by atoms with Crippen molar-refractivity contribution in [1.82, 2.24) is 5.43 Å². The van der Waals surface area contributed by atoms with Gasteiger partial charge in [0.2, 0.25) is 0 Å². The minimum Gasteiger partial charge on any atom is -0.464 e. The molecular weight excluding hydrogens is 208 g/mol. The number of hydrazine groups is 1. The number of nitrogens with two attached hydrogens (primary N) is 1. The molecule has 3 N–H and O–H groups in total. The number of carbonyl (C=O) groups excluding carboxylic acids is 1. The molecule has 1 amide bonds. The smallest absolute Gasteiger partial charge is 0.259 e. The zero-order chi connectivity index (χ0) is 11.4. The summed E-state index contributed by atoms with van der Waals surface area (Å²) >= 11 is 0. The highest BCUT2D eigenvalue weighted by Gasteiger charge is 2.05. The second-order valence-electron chi connectivity index (χ2n) is 3.32. The molecule has 0 unspecified atom stereocenters. The van der Waals surface area contributed by atoms with E-state index in [1.54, 1.807) is 6.26 Å². The van der Waals surface area contributed by atoms with Gasteiger partial charge in [-0.25, -0.2) is 5.84 Å². The van der Waals surface area contributed by atoms with Crippen molar-refractivity contribution < 1.29 is 13.9 Å². The summed E-state index contributed by atoms with van der Waals surface area (Å²) in [6.07, 6.45) is 1.63. The number of hydrogen-bond acceptors (Lipinski definition) is 4. The summed E-state index contributed by atoms with van der Waals surface area (Å²) in [6, 6.07) is 7.65. The molecule has 1 aromatic heterocycles. The molecule has 0 atom stereocenters. The van der Waals surface area contributed by atoms with Gasteiger partial charge in [-0.05, 0) is 6.07 Å². The molecule has 1 heterocycles. The number of benzene rings is 1. The molecule has 0 spiro atoms. The molecule has 1 aromatic carbocycles. The van der Waals surface area contributed by atoms with Crippen LogP contribution in [0.5, 0.6) is 0 Å². The molecule has 16 heavy (non-hydrogen) atoms. The molecular formula is C11H12N2O3. The Morgan fingerprint density at radius 2 is 2.25 bits per heavy atom. The Bertz CT molecular complexity index is 493. The normalized spacial score (nSPS) is 10.6. The fourth-order valence-electron chi connectivity index (χ4n) is 1.44. The van der Waals surface area contributed by atoms with E-state index in [1.165, 1.54) is 0 Å². The Kier molecular flexibility index (Phi) is 3.19. The van der Waals surface area contributed by atoms with Gasteiger partial charge in [-0.1, -0.05) is 18.2 Å². The third-order valence-corrected chi connectivity index (χ3v) is 2.21. The largest absolute Gasteiger partial charge is 0.464 e. The Balaban J connectivity index is 2.02. The number of fused-ring (bicyclic) bond motifs is 1. The predicted molar refractivity (Wildman–Crippen MR) is 58.2 cm³/mol. The molecule has 0 saturated heterocycles. The van der Waals surface area contributed by atoms with Crippen LogP contribution in [0, 0.1) is 0 Å². The van der Waals surface area contributed by atoms with Crippen LogP contribution in [-0.2, 0) is 16.1 Å². The SMILES string of the molecule is NNC(=O)COCc1coc2ccccc12. The number of amides is 1. The Morgan fingerprint density at radius 1 is 1.44 bits per heavy atom. The van der Waals surface area contributed by atoms with Crippen molar-refractivity contribution in [2.24, 2.45) is 5.84 Å². The molecule has 0 aliphatic carbocycles. The third kappa shape index (κ3) is 2.21. The van der Waals surface area contributed by atoms with Crippen LogP contribution in [-0.4, -0.2) is 12.5 Å². The first kappa shape index (κ1) is 10.7. The van der Waals surface area contributed by atoms with E-state index < -0.39 is 0 Å². The predicted octanol–water partition coefficient (Wildman–Crippen LogP) is 0.939. The maximum atomic E-state index is 10.8. The van der Waals surface area contributed by atoms with Crippen molar-refractivity contribution >= 4 is 16.9 Å². The Morgan fingerprint density at radius 3 is 3.06 bits per heavy atom. The van der Waals surface area contributed by atoms with E-state index >= 15 is 0 Å². The number of carbonyl (C=O) groups is 1. The molecule has 2 aromatic rings. The number of nitrogens with one attached hydrogen (secondary N) is 1. The monoisotopic (exact) mass is 220 g/mol. The summed E-state index contributed by atoms with van der Waals surface area (Å²) in [5, 5.41) is 0.996. The first-order valence-corrected chi connectivity index (χ1v) is 4.83.